The van der Waals surface area contributed by atoms with E-state index >= 15 is 0 Å². The second kappa shape index (κ2) is 4.95. The minimum atomic E-state index is -0.543. The third kappa shape index (κ3) is 2.71. The second-order valence-corrected chi connectivity index (χ2v) is 3.72. The van der Waals surface area contributed by atoms with Crippen molar-refractivity contribution in [2.45, 2.75) is 6.92 Å². The molecule has 1 heterocycles. The molecule has 0 unspecified atom stereocenters. The van der Waals surface area contributed by atoms with Crippen molar-refractivity contribution < 1.29 is 8.78 Å². The topological polar surface area (TPSA) is 49.8 Å². The Morgan fingerprint density at radius 3 is 2.61 bits per heavy atom. The molecule has 2 aromatic rings. The van der Waals surface area contributed by atoms with Gasteiger partial charge in [-0.15, -0.1) is 0 Å². The standard InChI is InChI=1S/C12H12F2N4/c1-7-5-11(18-12(15-2)16-7)17-10-6-8(13)3-4-9(10)14/h3-6H,1-2H3,(H2,15,16,17,18). The summed E-state index contributed by atoms with van der Waals surface area (Å²) < 4.78 is 26.5. The van der Waals surface area contributed by atoms with Gasteiger partial charge in [0.25, 0.3) is 0 Å². The quantitative estimate of drug-likeness (QED) is 0.879. The molecule has 2 rings (SSSR count). The molecule has 0 radical (unpaired) electrons. The Morgan fingerprint density at radius 2 is 1.89 bits per heavy atom. The fraction of sp³-hybridized carbons (Fsp3) is 0.167. The molecule has 0 saturated carbocycles. The maximum atomic E-state index is 13.5. The number of hydrogen-bond acceptors (Lipinski definition) is 4. The van der Waals surface area contributed by atoms with Crippen LogP contribution in [-0.4, -0.2) is 17.0 Å². The van der Waals surface area contributed by atoms with Gasteiger partial charge in [-0.1, -0.05) is 0 Å². The van der Waals surface area contributed by atoms with Gasteiger partial charge in [0.2, 0.25) is 5.95 Å². The van der Waals surface area contributed by atoms with E-state index in [9.17, 15) is 8.78 Å². The highest BCUT2D eigenvalue weighted by Gasteiger charge is 2.06. The molecule has 2 N–H and O–H groups in total. The molecule has 0 bridgehead atoms. The van der Waals surface area contributed by atoms with Crippen molar-refractivity contribution in [2.75, 3.05) is 17.7 Å². The van der Waals surface area contributed by atoms with E-state index in [1.807, 2.05) is 0 Å². The van der Waals surface area contributed by atoms with Gasteiger partial charge in [0.1, 0.15) is 17.5 Å². The summed E-state index contributed by atoms with van der Waals surface area (Å²) in [6.07, 6.45) is 0. The lowest BCUT2D eigenvalue weighted by atomic mass is 10.3. The summed E-state index contributed by atoms with van der Waals surface area (Å²) in [5.74, 6) is -0.247. The maximum Gasteiger partial charge on any atom is 0.224 e. The van der Waals surface area contributed by atoms with Crippen LogP contribution in [0.15, 0.2) is 24.3 Å². The van der Waals surface area contributed by atoms with Crippen LogP contribution in [0.25, 0.3) is 0 Å². The van der Waals surface area contributed by atoms with Gasteiger partial charge < -0.3 is 10.6 Å². The number of rotatable bonds is 3. The van der Waals surface area contributed by atoms with E-state index in [1.54, 1.807) is 20.0 Å². The molecule has 1 aromatic heterocycles. The van der Waals surface area contributed by atoms with Crippen molar-refractivity contribution in [2.24, 2.45) is 0 Å². The van der Waals surface area contributed by atoms with Crippen LogP contribution < -0.4 is 10.6 Å². The predicted octanol–water partition coefficient (Wildman–Crippen LogP) is 2.85. The molecule has 1 aromatic carbocycles. The van der Waals surface area contributed by atoms with E-state index in [0.717, 1.165) is 18.2 Å². The van der Waals surface area contributed by atoms with Crippen LogP contribution in [0.1, 0.15) is 5.69 Å². The SMILES string of the molecule is CNc1nc(C)cc(Nc2cc(F)ccc2F)n1. The summed E-state index contributed by atoms with van der Waals surface area (Å²) in [5, 5.41) is 5.51. The molecule has 0 spiro atoms. The van der Waals surface area contributed by atoms with E-state index in [4.69, 9.17) is 0 Å². The molecule has 6 heteroatoms. The summed E-state index contributed by atoms with van der Waals surface area (Å²) in [5.41, 5.74) is 0.754. The average Bonchev–Trinajstić information content (AvgIpc) is 2.33. The molecule has 0 aliphatic heterocycles. The molecule has 0 aliphatic carbocycles. The zero-order valence-electron chi connectivity index (χ0n) is 9.96. The number of nitrogens with one attached hydrogen (secondary N) is 2. The highest BCUT2D eigenvalue weighted by Crippen LogP contribution is 2.20. The lowest BCUT2D eigenvalue weighted by molar-refractivity contribution is 0.603. The molecule has 0 fully saturated rings. The van der Waals surface area contributed by atoms with Crippen LogP contribution >= 0.6 is 0 Å². The van der Waals surface area contributed by atoms with Crippen molar-refractivity contribution in [3.8, 4) is 0 Å². The van der Waals surface area contributed by atoms with Crippen molar-refractivity contribution in [3.05, 3.63) is 41.6 Å². The zero-order chi connectivity index (χ0) is 13.1. The van der Waals surface area contributed by atoms with Crippen LogP contribution in [0, 0.1) is 18.6 Å². The molecule has 0 amide bonds. The molecular weight excluding hydrogens is 238 g/mol. The van der Waals surface area contributed by atoms with Crippen molar-refractivity contribution in [3.63, 3.8) is 0 Å². The Balaban J connectivity index is 2.33. The Labute approximate surface area is 103 Å². The monoisotopic (exact) mass is 250 g/mol. The van der Waals surface area contributed by atoms with Crippen LogP contribution in [-0.2, 0) is 0 Å². The Hall–Kier alpha value is -2.24. The molecule has 0 aliphatic rings. The number of aromatic nitrogens is 2. The highest BCUT2D eigenvalue weighted by molar-refractivity contribution is 5.58. The first-order valence-electron chi connectivity index (χ1n) is 5.34. The minimum Gasteiger partial charge on any atom is -0.357 e. The Kier molecular flexibility index (Phi) is 3.36. The smallest absolute Gasteiger partial charge is 0.224 e. The summed E-state index contributed by atoms with van der Waals surface area (Å²) in [4.78, 5) is 8.20. The number of halogens is 2. The number of aryl methyl sites for hydroxylation is 1. The summed E-state index contributed by atoms with van der Waals surface area (Å²) in [6, 6.07) is 4.84. The fourth-order valence-electron chi connectivity index (χ4n) is 1.48. The Morgan fingerprint density at radius 1 is 1.11 bits per heavy atom. The van der Waals surface area contributed by atoms with E-state index in [-0.39, 0.29) is 5.69 Å². The molecular formula is C12H12F2N4. The summed E-state index contributed by atoms with van der Waals surface area (Å²) in [7, 11) is 1.68. The maximum absolute atomic E-state index is 13.5. The van der Waals surface area contributed by atoms with E-state index in [2.05, 4.69) is 20.6 Å². The zero-order valence-corrected chi connectivity index (χ0v) is 9.96. The highest BCUT2D eigenvalue weighted by atomic mass is 19.1. The van der Waals surface area contributed by atoms with Gasteiger partial charge in [-0.2, -0.15) is 4.98 Å². The first-order chi connectivity index (χ1) is 8.58. The van der Waals surface area contributed by atoms with Gasteiger partial charge in [-0.3, -0.25) is 0 Å². The third-order valence-corrected chi connectivity index (χ3v) is 2.27. The van der Waals surface area contributed by atoms with E-state index in [0.29, 0.717) is 17.5 Å². The molecule has 18 heavy (non-hydrogen) atoms. The first kappa shape index (κ1) is 12.2. The minimum absolute atomic E-state index is 0.0372. The van der Waals surface area contributed by atoms with Crippen LogP contribution in [0.5, 0.6) is 0 Å². The number of nitrogens with zero attached hydrogens (tertiary/aromatic N) is 2. The van der Waals surface area contributed by atoms with Gasteiger partial charge in [-0.05, 0) is 19.1 Å². The lowest BCUT2D eigenvalue weighted by Crippen LogP contribution is -2.03. The number of benzene rings is 1. The largest absolute Gasteiger partial charge is 0.357 e. The predicted molar refractivity (Wildman–Crippen MR) is 66.0 cm³/mol. The van der Waals surface area contributed by atoms with E-state index in [1.165, 1.54) is 0 Å². The third-order valence-electron chi connectivity index (χ3n) is 2.27. The van der Waals surface area contributed by atoms with Gasteiger partial charge in [-0.25, -0.2) is 13.8 Å². The first-order valence-corrected chi connectivity index (χ1v) is 5.34. The van der Waals surface area contributed by atoms with Gasteiger partial charge in [0, 0.05) is 24.9 Å². The van der Waals surface area contributed by atoms with Gasteiger partial charge >= 0.3 is 0 Å². The van der Waals surface area contributed by atoms with Gasteiger partial charge in [0.15, 0.2) is 0 Å². The lowest BCUT2D eigenvalue weighted by Gasteiger charge is -2.09. The number of hydrogen-bond donors (Lipinski definition) is 2. The molecule has 0 saturated heterocycles. The van der Waals surface area contributed by atoms with Crippen LogP contribution in [0.4, 0.5) is 26.2 Å². The van der Waals surface area contributed by atoms with Crippen LogP contribution in [0.2, 0.25) is 0 Å². The molecule has 94 valence electrons. The molecule has 0 atom stereocenters. The van der Waals surface area contributed by atoms with Crippen LogP contribution in [0.3, 0.4) is 0 Å². The summed E-state index contributed by atoms with van der Waals surface area (Å²) in [6.45, 7) is 1.79. The van der Waals surface area contributed by atoms with E-state index < -0.39 is 11.6 Å². The van der Waals surface area contributed by atoms with Crippen molar-refractivity contribution >= 4 is 17.5 Å². The summed E-state index contributed by atoms with van der Waals surface area (Å²) >= 11 is 0. The molecule has 4 nitrogen and oxygen atoms in total. The normalized spacial score (nSPS) is 10.2. The van der Waals surface area contributed by atoms with Crippen molar-refractivity contribution in [1.82, 2.24) is 9.97 Å². The number of anilines is 3. The Bertz CT molecular complexity index is 572. The fourth-order valence-corrected chi connectivity index (χ4v) is 1.48. The second-order valence-electron chi connectivity index (χ2n) is 3.72. The van der Waals surface area contributed by atoms with Gasteiger partial charge in [0.05, 0.1) is 5.69 Å². The average molecular weight is 250 g/mol. The van der Waals surface area contributed by atoms with Crippen molar-refractivity contribution in [1.29, 1.82) is 0 Å².